The number of nitrogens with zero attached hydrogens (tertiary/aromatic N) is 2. The Morgan fingerprint density at radius 1 is 1.17 bits per heavy atom. The average Bonchev–Trinajstić information content (AvgIpc) is 3.01. The zero-order valence-corrected chi connectivity index (χ0v) is 14.1. The number of ether oxygens (including phenoxy) is 1. The molecular weight excluding hydrogens is 288 g/mol. The molecule has 0 bridgehead atoms. The summed E-state index contributed by atoms with van der Waals surface area (Å²) in [5.41, 5.74) is 2.42. The van der Waals surface area contributed by atoms with Crippen LogP contribution in [0.1, 0.15) is 31.0 Å². The second-order valence-electron chi connectivity index (χ2n) is 5.63. The molecule has 1 aromatic heterocycles. The SMILES string of the molecule is CCC(=O)N(CCCOC)Cc1cccn1Cc1ccccc1. The molecule has 0 aliphatic carbocycles. The highest BCUT2D eigenvalue weighted by molar-refractivity contribution is 5.75. The number of aromatic nitrogens is 1. The quantitative estimate of drug-likeness (QED) is 0.666. The van der Waals surface area contributed by atoms with Crippen molar-refractivity contribution in [2.45, 2.75) is 32.9 Å². The average molecular weight is 314 g/mol. The lowest BCUT2D eigenvalue weighted by Gasteiger charge is -2.23. The molecule has 0 radical (unpaired) electrons. The third-order valence-corrected chi connectivity index (χ3v) is 3.90. The highest BCUT2D eigenvalue weighted by Crippen LogP contribution is 2.12. The molecule has 0 spiro atoms. The monoisotopic (exact) mass is 314 g/mol. The van der Waals surface area contributed by atoms with Crippen molar-refractivity contribution in [3.05, 3.63) is 59.9 Å². The van der Waals surface area contributed by atoms with Crippen molar-refractivity contribution in [3.8, 4) is 0 Å². The van der Waals surface area contributed by atoms with Gasteiger partial charge >= 0.3 is 0 Å². The van der Waals surface area contributed by atoms with E-state index < -0.39 is 0 Å². The maximum atomic E-state index is 12.2. The Kier molecular flexibility index (Phi) is 6.88. The van der Waals surface area contributed by atoms with Crippen LogP contribution in [0.2, 0.25) is 0 Å². The number of hydrogen-bond acceptors (Lipinski definition) is 2. The molecule has 0 N–H and O–H groups in total. The Morgan fingerprint density at radius 2 is 1.96 bits per heavy atom. The smallest absolute Gasteiger partial charge is 0.222 e. The number of rotatable bonds is 9. The minimum absolute atomic E-state index is 0.188. The van der Waals surface area contributed by atoms with Crippen LogP contribution in [0.3, 0.4) is 0 Å². The van der Waals surface area contributed by atoms with Gasteiger partial charge in [0.2, 0.25) is 5.91 Å². The molecule has 2 aromatic rings. The molecule has 1 heterocycles. The molecule has 0 unspecified atom stereocenters. The summed E-state index contributed by atoms with van der Waals surface area (Å²) in [4.78, 5) is 14.1. The third kappa shape index (κ3) is 5.25. The summed E-state index contributed by atoms with van der Waals surface area (Å²) in [6, 6.07) is 14.5. The number of carbonyl (C=O) groups is 1. The van der Waals surface area contributed by atoms with E-state index in [0.717, 1.165) is 25.2 Å². The van der Waals surface area contributed by atoms with Crippen LogP contribution in [0.15, 0.2) is 48.7 Å². The van der Waals surface area contributed by atoms with Gasteiger partial charge in [0.1, 0.15) is 0 Å². The van der Waals surface area contributed by atoms with Crippen molar-refractivity contribution in [1.29, 1.82) is 0 Å². The second kappa shape index (κ2) is 9.16. The topological polar surface area (TPSA) is 34.5 Å². The standard InChI is InChI=1S/C19H26N2O2/c1-3-19(22)21(13-8-14-23-2)16-18-11-7-12-20(18)15-17-9-5-4-6-10-17/h4-7,9-12H,3,8,13-16H2,1-2H3. The van der Waals surface area contributed by atoms with E-state index in [-0.39, 0.29) is 5.91 Å². The Bertz CT molecular complexity index is 592. The van der Waals surface area contributed by atoms with E-state index in [1.165, 1.54) is 5.56 Å². The number of benzene rings is 1. The van der Waals surface area contributed by atoms with Crippen molar-refractivity contribution < 1.29 is 9.53 Å². The highest BCUT2D eigenvalue weighted by Gasteiger charge is 2.14. The van der Waals surface area contributed by atoms with Gasteiger partial charge in [-0.05, 0) is 24.1 Å². The van der Waals surface area contributed by atoms with Gasteiger partial charge in [-0.15, -0.1) is 0 Å². The normalized spacial score (nSPS) is 10.7. The highest BCUT2D eigenvalue weighted by atomic mass is 16.5. The Hall–Kier alpha value is -2.07. The minimum atomic E-state index is 0.188. The first-order valence-corrected chi connectivity index (χ1v) is 8.19. The molecule has 1 aromatic carbocycles. The van der Waals surface area contributed by atoms with Gasteiger partial charge in [0.05, 0.1) is 6.54 Å². The summed E-state index contributed by atoms with van der Waals surface area (Å²) in [7, 11) is 1.69. The van der Waals surface area contributed by atoms with Gasteiger partial charge in [-0.25, -0.2) is 0 Å². The Balaban J connectivity index is 2.05. The van der Waals surface area contributed by atoms with Gasteiger partial charge in [-0.3, -0.25) is 4.79 Å². The number of carbonyl (C=O) groups excluding carboxylic acids is 1. The van der Waals surface area contributed by atoms with Crippen LogP contribution in [0.4, 0.5) is 0 Å². The number of methoxy groups -OCH3 is 1. The summed E-state index contributed by atoms with van der Waals surface area (Å²) in [6.45, 7) is 4.80. The van der Waals surface area contributed by atoms with E-state index in [1.807, 2.05) is 24.0 Å². The van der Waals surface area contributed by atoms with Gasteiger partial charge in [0, 0.05) is 45.1 Å². The molecule has 4 heteroatoms. The lowest BCUT2D eigenvalue weighted by atomic mass is 10.2. The molecule has 0 saturated heterocycles. The van der Waals surface area contributed by atoms with Gasteiger partial charge in [-0.1, -0.05) is 37.3 Å². The molecule has 0 fully saturated rings. The summed E-state index contributed by atoms with van der Waals surface area (Å²) < 4.78 is 7.31. The summed E-state index contributed by atoms with van der Waals surface area (Å²) in [5, 5.41) is 0. The zero-order chi connectivity index (χ0) is 16.5. The van der Waals surface area contributed by atoms with Crippen molar-refractivity contribution in [1.82, 2.24) is 9.47 Å². The van der Waals surface area contributed by atoms with Gasteiger partial charge in [-0.2, -0.15) is 0 Å². The minimum Gasteiger partial charge on any atom is -0.385 e. The molecule has 0 aliphatic heterocycles. The first kappa shape index (κ1) is 17.3. The maximum Gasteiger partial charge on any atom is 0.222 e. The predicted octanol–water partition coefficient (Wildman–Crippen LogP) is 3.31. The third-order valence-electron chi connectivity index (χ3n) is 3.90. The lowest BCUT2D eigenvalue weighted by Crippen LogP contribution is -2.32. The van der Waals surface area contributed by atoms with Crippen molar-refractivity contribution >= 4 is 5.91 Å². The summed E-state index contributed by atoms with van der Waals surface area (Å²) in [5.74, 6) is 0.188. The van der Waals surface area contributed by atoms with Crippen LogP contribution < -0.4 is 0 Å². The zero-order valence-electron chi connectivity index (χ0n) is 14.1. The molecule has 0 atom stereocenters. The molecule has 2 rings (SSSR count). The van der Waals surface area contributed by atoms with Gasteiger partial charge in [0.15, 0.2) is 0 Å². The van der Waals surface area contributed by atoms with Crippen LogP contribution in [0.5, 0.6) is 0 Å². The maximum absolute atomic E-state index is 12.2. The van der Waals surface area contributed by atoms with Crippen LogP contribution in [-0.2, 0) is 22.6 Å². The second-order valence-corrected chi connectivity index (χ2v) is 5.63. The first-order chi connectivity index (χ1) is 11.2. The lowest BCUT2D eigenvalue weighted by molar-refractivity contribution is -0.131. The summed E-state index contributed by atoms with van der Waals surface area (Å²) in [6.07, 6.45) is 3.47. The Morgan fingerprint density at radius 3 is 2.65 bits per heavy atom. The van der Waals surface area contributed by atoms with Crippen molar-refractivity contribution in [2.75, 3.05) is 20.3 Å². The molecular formula is C19H26N2O2. The molecule has 0 aliphatic rings. The van der Waals surface area contributed by atoms with Gasteiger partial charge in [0.25, 0.3) is 0 Å². The fraction of sp³-hybridized carbons (Fsp3) is 0.421. The molecule has 1 amide bonds. The van der Waals surface area contributed by atoms with Gasteiger partial charge < -0.3 is 14.2 Å². The largest absolute Gasteiger partial charge is 0.385 e. The molecule has 23 heavy (non-hydrogen) atoms. The molecule has 124 valence electrons. The fourth-order valence-electron chi connectivity index (χ4n) is 2.64. The van der Waals surface area contributed by atoms with E-state index in [1.54, 1.807) is 7.11 Å². The van der Waals surface area contributed by atoms with E-state index in [4.69, 9.17) is 4.74 Å². The van der Waals surface area contributed by atoms with Crippen LogP contribution in [-0.4, -0.2) is 35.6 Å². The Labute approximate surface area is 138 Å². The van der Waals surface area contributed by atoms with Crippen LogP contribution in [0, 0.1) is 0 Å². The number of hydrogen-bond donors (Lipinski definition) is 0. The van der Waals surface area contributed by atoms with E-state index in [9.17, 15) is 4.79 Å². The van der Waals surface area contributed by atoms with E-state index >= 15 is 0 Å². The predicted molar refractivity (Wildman–Crippen MR) is 92.2 cm³/mol. The first-order valence-electron chi connectivity index (χ1n) is 8.19. The van der Waals surface area contributed by atoms with E-state index in [2.05, 4.69) is 41.1 Å². The van der Waals surface area contributed by atoms with E-state index in [0.29, 0.717) is 19.6 Å². The molecule has 0 saturated carbocycles. The van der Waals surface area contributed by atoms with Crippen LogP contribution in [0.25, 0.3) is 0 Å². The number of amides is 1. The van der Waals surface area contributed by atoms with Crippen molar-refractivity contribution in [2.24, 2.45) is 0 Å². The fourth-order valence-corrected chi connectivity index (χ4v) is 2.64. The summed E-state index contributed by atoms with van der Waals surface area (Å²) >= 11 is 0. The van der Waals surface area contributed by atoms with Crippen LogP contribution >= 0.6 is 0 Å². The molecule has 4 nitrogen and oxygen atoms in total. The van der Waals surface area contributed by atoms with Crippen molar-refractivity contribution in [3.63, 3.8) is 0 Å².